The number of amides is 2. The second-order valence-electron chi connectivity index (χ2n) is 4.55. The molecule has 0 aromatic carbocycles. The summed E-state index contributed by atoms with van der Waals surface area (Å²) in [4.78, 5) is 27.5. The molecule has 18 heavy (non-hydrogen) atoms. The third kappa shape index (κ3) is 4.64. The monoisotopic (exact) mass is 256 g/mol. The van der Waals surface area contributed by atoms with E-state index in [1.54, 1.807) is 9.80 Å². The van der Waals surface area contributed by atoms with Gasteiger partial charge < -0.3 is 14.5 Å². The number of rotatable bonds is 6. The molecule has 0 bridgehead atoms. The van der Waals surface area contributed by atoms with Crippen molar-refractivity contribution in [2.24, 2.45) is 0 Å². The van der Waals surface area contributed by atoms with E-state index in [9.17, 15) is 9.59 Å². The Morgan fingerprint density at radius 1 is 1.11 bits per heavy atom. The lowest BCUT2D eigenvalue weighted by molar-refractivity contribution is -0.143. The first-order valence-corrected chi connectivity index (χ1v) is 6.82. The van der Waals surface area contributed by atoms with E-state index < -0.39 is 0 Å². The Bertz CT molecular complexity index is 269. The number of morpholine rings is 1. The number of ether oxygens (including phenoxy) is 1. The third-order valence-electron chi connectivity index (χ3n) is 3.01. The van der Waals surface area contributed by atoms with Crippen LogP contribution in [-0.2, 0) is 14.3 Å². The van der Waals surface area contributed by atoms with Crippen molar-refractivity contribution in [2.45, 2.75) is 33.1 Å². The van der Waals surface area contributed by atoms with Crippen LogP contribution in [-0.4, -0.2) is 61.0 Å². The lowest BCUT2D eigenvalue weighted by Crippen LogP contribution is -2.43. The summed E-state index contributed by atoms with van der Waals surface area (Å²) in [6, 6.07) is 0. The number of hydrogen-bond donors (Lipinski definition) is 0. The van der Waals surface area contributed by atoms with E-state index in [2.05, 4.69) is 0 Å². The van der Waals surface area contributed by atoms with Gasteiger partial charge in [0.05, 0.1) is 13.2 Å². The zero-order valence-electron chi connectivity index (χ0n) is 11.5. The molecule has 0 saturated carbocycles. The summed E-state index contributed by atoms with van der Waals surface area (Å²) >= 11 is 0. The van der Waals surface area contributed by atoms with Crippen LogP contribution in [0, 0.1) is 0 Å². The predicted molar refractivity (Wildman–Crippen MR) is 69.2 cm³/mol. The largest absolute Gasteiger partial charge is 0.378 e. The summed E-state index contributed by atoms with van der Waals surface area (Å²) in [6.45, 7) is 7.92. The highest BCUT2D eigenvalue weighted by Crippen LogP contribution is 2.04. The minimum atomic E-state index is -0.0690. The average Bonchev–Trinajstić information content (AvgIpc) is 2.39. The molecule has 5 nitrogen and oxygen atoms in total. The molecule has 1 saturated heterocycles. The van der Waals surface area contributed by atoms with Gasteiger partial charge in [0.2, 0.25) is 11.8 Å². The molecule has 0 N–H and O–H groups in total. The van der Waals surface area contributed by atoms with Gasteiger partial charge in [-0.1, -0.05) is 13.8 Å². The van der Waals surface area contributed by atoms with Crippen molar-refractivity contribution in [1.82, 2.24) is 9.80 Å². The molecule has 1 aliphatic heterocycles. The van der Waals surface area contributed by atoms with E-state index in [0.29, 0.717) is 26.3 Å². The number of carbonyl (C=O) groups is 2. The summed E-state index contributed by atoms with van der Waals surface area (Å²) in [5, 5.41) is 0. The number of hydrogen-bond acceptors (Lipinski definition) is 3. The van der Waals surface area contributed by atoms with Crippen LogP contribution >= 0.6 is 0 Å². The lowest BCUT2D eigenvalue weighted by atomic mass is 10.2. The van der Waals surface area contributed by atoms with Gasteiger partial charge in [0.25, 0.3) is 0 Å². The fourth-order valence-corrected chi connectivity index (χ4v) is 2.07. The van der Waals surface area contributed by atoms with Gasteiger partial charge in [0, 0.05) is 26.2 Å². The summed E-state index contributed by atoms with van der Waals surface area (Å²) in [5.41, 5.74) is 0. The molecule has 104 valence electrons. The van der Waals surface area contributed by atoms with Crippen molar-refractivity contribution in [2.75, 3.05) is 39.4 Å². The van der Waals surface area contributed by atoms with Gasteiger partial charge in [0.1, 0.15) is 6.42 Å². The van der Waals surface area contributed by atoms with Crippen LogP contribution in [0.2, 0.25) is 0 Å². The number of carbonyl (C=O) groups excluding carboxylic acids is 2. The highest BCUT2D eigenvalue weighted by Gasteiger charge is 2.22. The Balaban J connectivity index is 2.42. The van der Waals surface area contributed by atoms with Crippen molar-refractivity contribution >= 4 is 11.8 Å². The molecule has 0 aliphatic carbocycles. The molecule has 0 unspecified atom stereocenters. The van der Waals surface area contributed by atoms with Crippen LogP contribution in [0.4, 0.5) is 0 Å². The molecule has 0 spiro atoms. The van der Waals surface area contributed by atoms with Crippen LogP contribution in [0.1, 0.15) is 33.1 Å². The third-order valence-corrected chi connectivity index (χ3v) is 3.01. The first-order chi connectivity index (χ1) is 8.69. The van der Waals surface area contributed by atoms with Crippen molar-refractivity contribution in [3.63, 3.8) is 0 Å². The van der Waals surface area contributed by atoms with Gasteiger partial charge in [-0.15, -0.1) is 0 Å². The Labute approximate surface area is 109 Å². The zero-order valence-corrected chi connectivity index (χ0v) is 11.5. The summed E-state index contributed by atoms with van der Waals surface area (Å²) in [5.74, 6) is -0.115. The fourth-order valence-electron chi connectivity index (χ4n) is 2.07. The Morgan fingerprint density at radius 3 is 2.17 bits per heavy atom. The molecule has 2 amide bonds. The molecule has 0 aromatic rings. The summed E-state index contributed by atoms with van der Waals surface area (Å²) in [7, 11) is 0. The van der Waals surface area contributed by atoms with Gasteiger partial charge in [0.15, 0.2) is 0 Å². The quantitative estimate of drug-likeness (QED) is 0.663. The van der Waals surface area contributed by atoms with Crippen LogP contribution < -0.4 is 0 Å². The molecule has 1 fully saturated rings. The first-order valence-electron chi connectivity index (χ1n) is 6.82. The highest BCUT2D eigenvalue weighted by atomic mass is 16.5. The Morgan fingerprint density at radius 2 is 1.67 bits per heavy atom. The predicted octanol–water partition coefficient (Wildman–Crippen LogP) is 0.884. The SMILES string of the molecule is CCCN(CCC)C(=O)CC(=O)N1CCOCC1. The van der Waals surface area contributed by atoms with E-state index >= 15 is 0 Å². The van der Waals surface area contributed by atoms with Crippen LogP contribution in [0.3, 0.4) is 0 Å². The van der Waals surface area contributed by atoms with Crippen molar-refractivity contribution in [3.8, 4) is 0 Å². The zero-order chi connectivity index (χ0) is 13.4. The van der Waals surface area contributed by atoms with Gasteiger partial charge >= 0.3 is 0 Å². The minimum absolute atomic E-state index is 0.000000000000000222. The van der Waals surface area contributed by atoms with Crippen molar-refractivity contribution < 1.29 is 14.3 Å². The van der Waals surface area contributed by atoms with Crippen LogP contribution in [0.15, 0.2) is 0 Å². The minimum Gasteiger partial charge on any atom is -0.378 e. The first kappa shape index (κ1) is 15.0. The van der Waals surface area contributed by atoms with Crippen LogP contribution in [0.25, 0.3) is 0 Å². The van der Waals surface area contributed by atoms with E-state index in [1.807, 2.05) is 13.8 Å². The summed E-state index contributed by atoms with van der Waals surface area (Å²) < 4.78 is 5.19. The number of nitrogens with zero attached hydrogens (tertiary/aromatic N) is 2. The molecule has 0 atom stereocenters. The maximum atomic E-state index is 12.0. The fraction of sp³-hybridized carbons (Fsp3) is 0.846. The lowest BCUT2D eigenvalue weighted by Gasteiger charge is -2.28. The van der Waals surface area contributed by atoms with Gasteiger partial charge in [-0.3, -0.25) is 9.59 Å². The van der Waals surface area contributed by atoms with E-state index in [4.69, 9.17) is 4.74 Å². The normalized spacial score (nSPS) is 15.6. The van der Waals surface area contributed by atoms with Crippen molar-refractivity contribution in [1.29, 1.82) is 0 Å². The topological polar surface area (TPSA) is 49.9 Å². The molecule has 1 rings (SSSR count). The molecule has 0 aromatic heterocycles. The van der Waals surface area contributed by atoms with Gasteiger partial charge in [-0.25, -0.2) is 0 Å². The Hall–Kier alpha value is -1.10. The molecule has 5 heteroatoms. The van der Waals surface area contributed by atoms with E-state index in [-0.39, 0.29) is 18.2 Å². The second-order valence-corrected chi connectivity index (χ2v) is 4.55. The van der Waals surface area contributed by atoms with Crippen LogP contribution in [0.5, 0.6) is 0 Å². The van der Waals surface area contributed by atoms with E-state index in [1.165, 1.54) is 0 Å². The maximum Gasteiger partial charge on any atom is 0.232 e. The van der Waals surface area contributed by atoms with Gasteiger partial charge in [-0.05, 0) is 12.8 Å². The molecule has 1 heterocycles. The van der Waals surface area contributed by atoms with Gasteiger partial charge in [-0.2, -0.15) is 0 Å². The highest BCUT2D eigenvalue weighted by molar-refractivity contribution is 5.96. The smallest absolute Gasteiger partial charge is 0.232 e. The average molecular weight is 256 g/mol. The summed E-state index contributed by atoms with van der Waals surface area (Å²) in [6.07, 6.45) is 1.86. The van der Waals surface area contributed by atoms with Crippen molar-refractivity contribution in [3.05, 3.63) is 0 Å². The Kier molecular flexibility index (Phi) is 6.72. The molecule has 1 aliphatic rings. The maximum absolute atomic E-state index is 12.0. The molecular formula is C13H24N2O3. The molecular weight excluding hydrogens is 232 g/mol. The standard InChI is InChI=1S/C13H24N2O3/c1-3-5-14(6-4-2)12(16)11-13(17)15-7-9-18-10-8-15/h3-11H2,1-2H3. The van der Waals surface area contributed by atoms with E-state index in [0.717, 1.165) is 25.9 Å². The second kappa shape index (κ2) is 8.08. The molecule has 0 radical (unpaired) electrons.